The molecule has 1 aromatic carbocycles. The topological polar surface area (TPSA) is 303 Å². The number of Topliss-reactive ketones (excluding diaryl/α,β-unsaturated/α-hetero) is 2. The smallest absolute Gasteiger partial charge is 0.245 e. The van der Waals surface area contributed by atoms with Crippen LogP contribution in [0.4, 0.5) is 0 Å². The lowest BCUT2D eigenvalue weighted by atomic mass is 10.0. The highest BCUT2D eigenvalue weighted by atomic mass is 16.5. The number of aromatic hydroxyl groups is 1. The van der Waals surface area contributed by atoms with Crippen LogP contribution in [-0.4, -0.2) is 142 Å². The molecule has 19 heteroatoms. The third-order valence-corrected chi connectivity index (χ3v) is 11.8. The lowest BCUT2D eigenvalue weighted by Crippen LogP contribution is -2.50. The first-order valence-corrected chi connectivity index (χ1v) is 26.3. The van der Waals surface area contributed by atoms with E-state index in [9.17, 15) is 38.7 Å². The highest BCUT2D eigenvalue weighted by molar-refractivity contribution is 5.92. The van der Waals surface area contributed by atoms with Crippen LogP contribution in [0.3, 0.4) is 0 Å². The van der Waals surface area contributed by atoms with Gasteiger partial charge in [0.05, 0.1) is 44.5 Å². The summed E-state index contributed by atoms with van der Waals surface area (Å²) in [5.74, 6) is -1.06. The first-order chi connectivity index (χ1) is 34.1. The lowest BCUT2D eigenvalue weighted by molar-refractivity contribution is -0.128. The maximum Gasteiger partial charge on any atom is 0.245 e. The number of primary amides is 1. The number of benzene rings is 1. The third kappa shape index (κ3) is 39.7. The summed E-state index contributed by atoms with van der Waals surface area (Å²) < 4.78 is 10.1. The highest BCUT2D eigenvalue weighted by Gasteiger charge is 2.22. The van der Waals surface area contributed by atoms with Gasteiger partial charge in [0.2, 0.25) is 29.5 Å². The van der Waals surface area contributed by atoms with Crippen LogP contribution in [0.25, 0.3) is 0 Å². The number of phenolic OH excluding ortho intramolecular Hbond substituents is 1. The first kappa shape index (κ1) is 66.5. The Hall–Kier alpha value is -4.53. The van der Waals surface area contributed by atoms with Crippen molar-refractivity contribution >= 4 is 41.1 Å². The standard InChI is InChI=1S/C47H82N6O9.C5H12N2O2/c1-37(53-47(60)41(48)34-39-25-27-40(55)28-26-39)43(56)35-52-42(38(2)54)22-18-21-31-50-45(58)24-17-13-8-4-6-10-14-19-29-49-44(57)23-16-12-9-5-7-11-15-20-30-51-46(59)36-62-33-32-61-3;1-2-7-4(3-8)5(6)9/h25-28,37,41-42,52,55H,4-24,29-36,48H2,1-3H3,(H,49,57)(H,50,58)(H,51,59)(H,53,60);4,7-8H,2-3H2,1H3,(H2,6,9)/t37-,41+,42+;4-/m10/s1. The van der Waals surface area contributed by atoms with E-state index in [0.29, 0.717) is 58.5 Å². The summed E-state index contributed by atoms with van der Waals surface area (Å²) in [5.41, 5.74) is 11.7. The number of aliphatic hydroxyl groups is 1. The molecule has 0 spiro atoms. The van der Waals surface area contributed by atoms with Crippen molar-refractivity contribution in [3.63, 3.8) is 0 Å². The Labute approximate surface area is 424 Å². The van der Waals surface area contributed by atoms with Crippen molar-refractivity contribution in [3.05, 3.63) is 29.8 Å². The number of carbonyl (C=O) groups excluding carboxylic acids is 7. The van der Waals surface area contributed by atoms with E-state index in [-0.39, 0.29) is 61.2 Å². The molecular weight excluding hydrogens is 913 g/mol. The Balaban J connectivity index is 0.00000491. The Morgan fingerprint density at radius 1 is 0.648 bits per heavy atom. The summed E-state index contributed by atoms with van der Waals surface area (Å²) in [6.07, 6.45) is 20.7. The van der Waals surface area contributed by atoms with E-state index in [1.54, 1.807) is 26.2 Å². The van der Waals surface area contributed by atoms with Crippen LogP contribution in [0.15, 0.2) is 24.3 Å². The van der Waals surface area contributed by atoms with Gasteiger partial charge in [-0.25, -0.2) is 0 Å². The molecule has 4 atom stereocenters. The van der Waals surface area contributed by atoms with E-state index in [1.165, 1.54) is 44.7 Å². The van der Waals surface area contributed by atoms with Gasteiger partial charge in [-0.3, -0.25) is 33.6 Å². The number of hydrogen-bond donors (Lipinski definition) is 10. The van der Waals surface area contributed by atoms with Gasteiger partial charge in [-0.15, -0.1) is 0 Å². The fraction of sp³-hybridized carbons (Fsp3) is 0.750. The summed E-state index contributed by atoms with van der Waals surface area (Å²) >= 11 is 0. The summed E-state index contributed by atoms with van der Waals surface area (Å²) in [5, 5.41) is 35.2. The number of aliphatic hydroxyl groups excluding tert-OH is 1. The second kappa shape index (κ2) is 45.3. The molecule has 408 valence electrons. The molecule has 12 N–H and O–H groups in total. The maximum atomic E-state index is 12.7. The number of likely N-dealkylation sites (N-methyl/N-ethyl adjacent to an activating group) is 1. The molecule has 0 aliphatic carbocycles. The molecule has 0 bridgehead atoms. The molecule has 0 aliphatic heterocycles. The molecule has 5 amide bonds. The Kier molecular flexibility index (Phi) is 42.4. The molecule has 0 saturated heterocycles. The van der Waals surface area contributed by atoms with Gasteiger partial charge in [-0.05, 0) is 89.5 Å². The van der Waals surface area contributed by atoms with Crippen molar-refractivity contribution in [1.82, 2.24) is 31.9 Å². The average Bonchev–Trinajstić information content (AvgIpc) is 3.34. The third-order valence-electron chi connectivity index (χ3n) is 11.8. The molecular formula is C52H94N8O11. The van der Waals surface area contributed by atoms with Crippen LogP contribution in [0, 0.1) is 0 Å². The molecule has 1 aromatic rings. The molecule has 0 radical (unpaired) electrons. The van der Waals surface area contributed by atoms with Crippen molar-refractivity contribution in [2.24, 2.45) is 11.5 Å². The number of methoxy groups -OCH3 is 1. The van der Waals surface area contributed by atoms with Crippen molar-refractivity contribution in [2.75, 3.05) is 66.3 Å². The predicted molar refractivity (Wildman–Crippen MR) is 277 cm³/mol. The van der Waals surface area contributed by atoms with Gasteiger partial charge in [0.15, 0.2) is 5.78 Å². The van der Waals surface area contributed by atoms with Gasteiger partial charge in [0, 0.05) is 39.6 Å². The fourth-order valence-electron chi connectivity index (χ4n) is 7.34. The zero-order valence-electron chi connectivity index (χ0n) is 43.8. The van der Waals surface area contributed by atoms with Crippen LogP contribution in [0.5, 0.6) is 5.75 Å². The van der Waals surface area contributed by atoms with Gasteiger partial charge in [-0.1, -0.05) is 96.1 Å². The van der Waals surface area contributed by atoms with Crippen molar-refractivity contribution in [3.8, 4) is 5.75 Å². The summed E-state index contributed by atoms with van der Waals surface area (Å²) in [7, 11) is 1.60. The summed E-state index contributed by atoms with van der Waals surface area (Å²) in [6.45, 7) is 8.21. The number of hydrogen-bond acceptors (Lipinski definition) is 14. The summed E-state index contributed by atoms with van der Waals surface area (Å²) in [4.78, 5) is 83.8. The van der Waals surface area contributed by atoms with Gasteiger partial charge in [-0.2, -0.15) is 0 Å². The number of amides is 5. The molecule has 71 heavy (non-hydrogen) atoms. The number of nitrogens with one attached hydrogen (secondary N) is 6. The molecule has 0 unspecified atom stereocenters. The van der Waals surface area contributed by atoms with Crippen LogP contribution >= 0.6 is 0 Å². The summed E-state index contributed by atoms with van der Waals surface area (Å²) in [6, 6.07) is 3.70. The number of unbranched alkanes of at least 4 members (excludes halogenated alkanes) is 15. The van der Waals surface area contributed by atoms with E-state index < -0.39 is 36.0 Å². The average molecular weight is 1010 g/mol. The number of carbonyl (C=O) groups is 7. The quantitative estimate of drug-likeness (QED) is 0.0419. The Morgan fingerprint density at radius 2 is 1.13 bits per heavy atom. The minimum atomic E-state index is -0.854. The molecule has 0 fully saturated rings. The Morgan fingerprint density at radius 3 is 1.58 bits per heavy atom. The first-order valence-electron chi connectivity index (χ1n) is 26.3. The zero-order chi connectivity index (χ0) is 52.9. The number of ether oxygens (including phenoxy) is 2. The van der Waals surface area contributed by atoms with Gasteiger partial charge < -0.3 is 63.1 Å². The second-order valence-corrected chi connectivity index (χ2v) is 18.2. The SMILES string of the molecule is CCN[C@@H](CO)C(N)=O.COCCOCC(=O)NCCCCCCCCCCC(=O)NCCCCCCCCCCC(=O)NCCCC[C@H](NCC(=O)[C@@H](C)NC(=O)[C@@H](N)Cc1ccc(O)cc1)C(C)=O. The van der Waals surface area contributed by atoms with Crippen molar-refractivity contribution < 1.29 is 53.2 Å². The van der Waals surface area contributed by atoms with Crippen LogP contribution in [0.1, 0.15) is 161 Å². The molecule has 0 aliphatic rings. The van der Waals surface area contributed by atoms with Gasteiger partial charge >= 0.3 is 0 Å². The van der Waals surface area contributed by atoms with Crippen LogP contribution in [0.2, 0.25) is 0 Å². The van der Waals surface area contributed by atoms with Crippen molar-refractivity contribution in [2.45, 2.75) is 186 Å². The second-order valence-electron chi connectivity index (χ2n) is 18.2. The van der Waals surface area contributed by atoms with E-state index in [2.05, 4.69) is 31.9 Å². The van der Waals surface area contributed by atoms with Crippen LogP contribution < -0.4 is 43.4 Å². The number of phenols is 1. The number of ketones is 2. The van der Waals surface area contributed by atoms with E-state index in [1.807, 2.05) is 6.92 Å². The highest BCUT2D eigenvalue weighted by Crippen LogP contribution is 2.13. The van der Waals surface area contributed by atoms with Gasteiger partial charge in [0.1, 0.15) is 24.2 Å². The minimum absolute atomic E-state index is 0.0430. The Bertz CT molecular complexity index is 1590. The largest absolute Gasteiger partial charge is 0.508 e. The van der Waals surface area contributed by atoms with Crippen LogP contribution in [-0.2, 0) is 49.5 Å². The zero-order valence-corrected chi connectivity index (χ0v) is 43.8. The van der Waals surface area contributed by atoms with E-state index >= 15 is 0 Å². The molecule has 19 nitrogen and oxygen atoms in total. The maximum absolute atomic E-state index is 12.7. The van der Waals surface area contributed by atoms with Crippen molar-refractivity contribution in [1.29, 1.82) is 0 Å². The lowest BCUT2D eigenvalue weighted by Gasteiger charge is -2.19. The number of rotatable bonds is 45. The monoisotopic (exact) mass is 1010 g/mol. The predicted octanol–water partition coefficient (Wildman–Crippen LogP) is 3.53. The molecule has 1 rings (SSSR count). The van der Waals surface area contributed by atoms with E-state index in [0.717, 1.165) is 95.6 Å². The van der Waals surface area contributed by atoms with E-state index in [4.69, 9.17) is 26.0 Å². The molecule has 0 saturated carbocycles. The fourth-order valence-corrected chi connectivity index (χ4v) is 7.34. The normalized spacial score (nSPS) is 12.6. The minimum Gasteiger partial charge on any atom is -0.508 e. The molecule has 0 aromatic heterocycles. The number of nitrogens with two attached hydrogens (primary N) is 2. The molecule has 0 heterocycles. The van der Waals surface area contributed by atoms with Gasteiger partial charge in [0.25, 0.3) is 0 Å².